The number of esters is 1. The lowest BCUT2D eigenvalue weighted by atomic mass is 10.1. The second-order valence-corrected chi connectivity index (χ2v) is 5.11. The summed E-state index contributed by atoms with van der Waals surface area (Å²) in [5.74, 6) is -1.63. The van der Waals surface area contributed by atoms with Gasteiger partial charge in [0.25, 0.3) is 11.8 Å². The lowest BCUT2D eigenvalue weighted by molar-refractivity contribution is -0.144. The molecule has 3 N–H and O–H groups in total. The Morgan fingerprint density at radius 1 is 1.29 bits per heavy atom. The van der Waals surface area contributed by atoms with Crippen LogP contribution in [-0.4, -0.2) is 54.5 Å². The summed E-state index contributed by atoms with van der Waals surface area (Å²) < 4.78 is 9.55. The van der Waals surface area contributed by atoms with Crippen LogP contribution in [0.1, 0.15) is 27.2 Å². The molecule has 0 bridgehead atoms. The fourth-order valence-electron chi connectivity index (χ4n) is 1.58. The molecule has 0 aromatic carbocycles. The maximum Gasteiger partial charge on any atom is 0.338 e. The number of nitrogens with one attached hydrogen (secondary N) is 2. The number of carbonyl (C=O) groups is 3. The van der Waals surface area contributed by atoms with Crippen LogP contribution in [0.25, 0.3) is 0 Å². The van der Waals surface area contributed by atoms with Crippen molar-refractivity contribution < 1.29 is 29.0 Å². The van der Waals surface area contributed by atoms with Gasteiger partial charge in [-0.25, -0.2) is 4.79 Å². The molecule has 0 aliphatic carbocycles. The van der Waals surface area contributed by atoms with Gasteiger partial charge in [0, 0.05) is 6.54 Å². The maximum absolute atomic E-state index is 11.6. The zero-order valence-corrected chi connectivity index (χ0v) is 12.4. The molecular weight excluding hydrogens is 280 g/mol. The van der Waals surface area contributed by atoms with E-state index in [1.165, 1.54) is 0 Å². The van der Waals surface area contributed by atoms with Crippen LogP contribution in [0.4, 0.5) is 0 Å². The standard InChI is InChI=1S/C13H22N2O6/c1-4-20-13(19)9-8(21-9)10(16)15-12(18)11(17)14-6-5-7(2)3/h7-9,12,18H,4-6H2,1-3H3,(H,14,17)(H,15,16). The minimum atomic E-state index is -1.67. The van der Waals surface area contributed by atoms with E-state index < -0.39 is 36.2 Å². The molecule has 3 atom stereocenters. The lowest BCUT2D eigenvalue weighted by Gasteiger charge is -2.13. The van der Waals surface area contributed by atoms with Gasteiger partial charge in [-0.05, 0) is 19.3 Å². The van der Waals surface area contributed by atoms with Crippen molar-refractivity contribution in [2.24, 2.45) is 5.92 Å². The maximum atomic E-state index is 11.6. The largest absolute Gasteiger partial charge is 0.464 e. The quantitative estimate of drug-likeness (QED) is 0.298. The van der Waals surface area contributed by atoms with Gasteiger partial charge in [0.2, 0.25) is 6.23 Å². The lowest BCUT2D eigenvalue weighted by Crippen LogP contribution is -2.48. The second-order valence-electron chi connectivity index (χ2n) is 5.11. The normalized spacial score (nSPS) is 21.6. The summed E-state index contributed by atoms with van der Waals surface area (Å²) in [6.07, 6.45) is -2.87. The SMILES string of the molecule is CCOC(=O)C1OC1C(=O)NC(O)C(=O)NCCC(C)C. The Bertz CT molecular complexity index is 398. The summed E-state index contributed by atoms with van der Waals surface area (Å²) >= 11 is 0. The molecule has 21 heavy (non-hydrogen) atoms. The number of hydrogen-bond donors (Lipinski definition) is 3. The van der Waals surface area contributed by atoms with Crippen molar-refractivity contribution in [3.8, 4) is 0 Å². The first-order chi connectivity index (χ1) is 9.86. The van der Waals surface area contributed by atoms with Crippen LogP contribution in [0.3, 0.4) is 0 Å². The van der Waals surface area contributed by atoms with Crippen molar-refractivity contribution in [2.45, 2.75) is 45.6 Å². The molecule has 1 heterocycles. The summed E-state index contributed by atoms with van der Waals surface area (Å²) in [6, 6.07) is 0. The highest BCUT2D eigenvalue weighted by Gasteiger charge is 2.52. The summed E-state index contributed by atoms with van der Waals surface area (Å²) in [4.78, 5) is 34.4. The smallest absolute Gasteiger partial charge is 0.338 e. The highest BCUT2D eigenvalue weighted by molar-refractivity contribution is 5.95. The molecule has 120 valence electrons. The molecule has 1 aliphatic heterocycles. The van der Waals surface area contributed by atoms with Crippen molar-refractivity contribution in [1.29, 1.82) is 0 Å². The van der Waals surface area contributed by atoms with Crippen LogP contribution >= 0.6 is 0 Å². The van der Waals surface area contributed by atoms with E-state index in [0.717, 1.165) is 6.42 Å². The number of aliphatic hydroxyl groups is 1. The summed E-state index contributed by atoms with van der Waals surface area (Å²) in [5.41, 5.74) is 0. The van der Waals surface area contributed by atoms with Crippen LogP contribution in [0.15, 0.2) is 0 Å². The summed E-state index contributed by atoms with van der Waals surface area (Å²) in [7, 11) is 0. The Labute approximate surface area is 123 Å². The van der Waals surface area contributed by atoms with Gasteiger partial charge in [0.1, 0.15) is 0 Å². The van der Waals surface area contributed by atoms with Crippen molar-refractivity contribution >= 4 is 17.8 Å². The molecule has 1 rings (SSSR count). The van der Waals surface area contributed by atoms with Gasteiger partial charge >= 0.3 is 5.97 Å². The number of carbonyl (C=O) groups excluding carboxylic acids is 3. The number of aliphatic hydroxyl groups excluding tert-OH is 1. The number of amides is 2. The predicted octanol–water partition coefficient (Wildman–Crippen LogP) is -1.09. The first-order valence-corrected chi connectivity index (χ1v) is 6.95. The molecule has 0 aromatic heterocycles. The molecule has 1 saturated heterocycles. The molecule has 0 aromatic rings. The highest BCUT2D eigenvalue weighted by atomic mass is 16.6. The highest BCUT2D eigenvalue weighted by Crippen LogP contribution is 2.23. The minimum Gasteiger partial charge on any atom is -0.464 e. The Hall–Kier alpha value is -1.67. The average Bonchev–Trinajstić information content (AvgIpc) is 3.18. The molecule has 1 aliphatic rings. The van der Waals surface area contributed by atoms with Crippen LogP contribution in [0.2, 0.25) is 0 Å². The Morgan fingerprint density at radius 2 is 1.95 bits per heavy atom. The Kier molecular flexibility index (Phi) is 6.57. The van der Waals surface area contributed by atoms with E-state index in [1.807, 2.05) is 13.8 Å². The van der Waals surface area contributed by atoms with Crippen LogP contribution in [-0.2, 0) is 23.9 Å². The molecule has 1 fully saturated rings. The summed E-state index contributed by atoms with van der Waals surface area (Å²) in [6.45, 7) is 6.25. The van der Waals surface area contributed by atoms with E-state index in [1.54, 1.807) is 6.92 Å². The second kappa shape index (κ2) is 7.94. The first kappa shape index (κ1) is 17.4. The molecule has 0 spiro atoms. The number of rotatable bonds is 8. The van der Waals surface area contributed by atoms with Gasteiger partial charge in [-0.2, -0.15) is 0 Å². The monoisotopic (exact) mass is 302 g/mol. The molecule has 8 heteroatoms. The fraction of sp³-hybridized carbons (Fsp3) is 0.769. The van der Waals surface area contributed by atoms with Gasteiger partial charge in [-0.3, -0.25) is 9.59 Å². The van der Waals surface area contributed by atoms with E-state index in [9.17, 15) is 19.5 Å². The van der Waals surface area contributed by atoms with Gasteiger partial charge in [0.15, 0.2) is 12.2 Å². The van der Waals surface area contributed by atoms with Crippen molar-refractivity contribution in [3.63, 3.8) is 0 Å². The van der Waals surface area contributed by atoms with E-state index >= 15 is 0 Å². The zero-order chi connectivity index (χ0) is 16.0. The van der Waals surface area contributed by atoms with Gasteiger partial charge < -0.3 is 25.2 Å². The third-order valence-corrected chi connectivity index (χ3v) is 2.82. The van der Waals surface area contributed by atoms with Crippen molar-refractivity contribution in [3.05, 3.63) is 0 Å². The molecular formula is C13H22N2O6. The van der Waals surface area contributed by atoms with Crippen LogP contribution in [0.5, 0.6) is 0 Å². The minimum absolute atomic E-state index is 0.188. The third-order valence-electron chi connectivity index (χ3n) is 2.82. The van der Waals surface area contributed by atoms with E-state index in [-0.39, 0.29) is 6.61 Å². The van der Waals surface area contributed by atoms with E-state index in [2.05, 4.69) is 15.4 Å². The number of epoxide rings is 1. The molecule has 0 saturated carbocycles. The molecule has 8 nitrogen and oxygen atoms in total. The van der Waals surface area contributed by atoms with Gasteiger partial charge in [-0.1, -0.05) is 13.8 Å². The predicted molar refractivity (Wildman–Crippen MR) is 71.9 cm³/mol. The molecule has 0 radical (unpaired) electrons. The average molecular weight is 302 g/mol. The molecule has 3 unspecified atom stereocenters. The Morgan fingerprint density at radius 3 is 2.52 bits per heavy atom. The van der Waals surface area contributed by atoms with Gasteiger partial charge in [-0.15, -0.1) is 0 Å². The van der Waals surface area contributed by atoms with Crippen LogP contribution < -0.4 is 10.6 Å². The number of ether oxygens (including phenoxy) is 2. The molecule has 2 amide bonds. The topological polar surface area (TPSA) is 117 Å². The Balaban J connectivity index is 2.28. The number of hydrogen-bond acceptors (Lipinski definition) is 6. The van der Waals surface area contributed by atoms with E-state index in [4.69, 9.17) is 4.74 Å². The van der Waals surface area contributed by atoms with Crippen molar-refractivity contribution in [1.82, 2.24) is 10.6 Å². The third kappa shape index (κ3) is 5.68. The first-order valence-electron chi connectivity index (χ1n) is 6.95. The van der Waals surface area contributed by atoms with E-state index in [0.29, 0.717) is 12.5 Å². The fourth-order valence-corrected chi connectivity index (χ4v) is 1.58. The van der Waals surface area contributed by atoms with Crippen molar-refractivity contribution in [2.75, 3.05) is 13.2 Å². The zero-order valence-electron chi connectivity index (χ0n) is 12.4. The summed E-state index contributed by atoms with van der Waals surface area (Å²) in [5, 5.41) is 14.1. The van der Waals surface area contributed by atoms with Gasteiger partial charge in [0.05, 0.1) is 6.61 Å². The van der Waals surface area contributed by atoms with Crippen LogP contribution in [0, 0.1) is 5.92 Å².